The molecule has 42 heavy (non-hydrogen) atoms. The van der Waals surface area contributed by atoms with E-state index in [1.807, 2.05) is 62.4 Å². The van der Waals surface area contributed by atoms with Crippen LogP contribution in [0.25, 0.3) is 5.69 Å². The van der Waals surface area contributed by atoms with Gasteiger partial charge in [0.2, 0.25) is 0 Å². The smallest absolute Gasteiger partial charge is 0.273 e. The van der Waals surface area contributed by atoms with E-state index >= 15 is 0 Å². The molecule has 0 unspecified atom stereocenters. The predicted molar refractivity (Wildman–Crippen MR) is 168 cm³/mol. The molecular formula is C34H32N4O3S. The zero-order valence-corrected chi connectivity index (χ0v) is 24.5. The van der Waals surface area contributed by atoms with Crippen LogP contribution in [0.2, 0.25) is 0 Å². The lowest BCUT2D eigenvalue weighted by Gasteiger charge is -2.26. The van der Waals surface area contributed by atoms with Crippen LogP contribution in [0.5, 0.6) is 0 Å². The Labute approximate surface area is 246 Å². The van der Waals surface area contributed by atoms with E-state index in [-0.39, 0.29) is 22.7 Å². The Kier molecular flexibility index (Phi) is 8.36. The molecular weight excluding hydrogens is 544 g/mol. The molecule has 0 saturated heterocycles. The SMILES string of the molecule is Cc1ccccc1-n1c(C)cc(C=NNC(=O)c2ccccc2N(Cc2ccccc2)S(=O)(=O)c2ccccc2)c1C. The van der Waals surface area contributed by atoms with E-state index in [2.05, 4.69) is 34.2 Å². The molecule has 1 N–H and O–H groups in total. The van der Waals surface area contributed by atoms with E-state index in [0.29, 0.717) is 0 Å². The highest BCUT2D eigenvalue weighted by atomic mass is 32.2. The third-order valence-corrected chi connectivity index (χ3v) is 8.89. The van der Waals surface area contributed by atoms with Crippen molar-refractivity contribution >= 4 is 27.8 Å². The maximum absolute atomic E-state index is 13.9. The Hall–Kier alpha value is -4.95. The minimum Gasteiger partial charge on any atom is -0.318 e. The number of hydrogen-bond donors (Lipinski definition) is 1. The van der Waals surface area contributed by atoms with Gasteiger partial charge in [0.25, 0.3) is 15.9 Å². The topological polar surface area (TPSA) is 83.8 Å². The van der Waals surface area contributed by atoms with Gasteiger partial charge in [-0.15, -0.1) is 0 Å². The van der Waals surface area contributed by atoms with Crippen molar-refractivity contribution in [3.05, 3.63) is 149 Å². The zero-order chi connectivity index (χ0) is 29.7. The fourth-order valence-electron chi connectivity index (χ4n) is 4.98. The number of hydrogen-bond acceptors (Lipinski definition) is 4. The fraction of sp³-hybridized carbons (Fsp3) is 0.118. The van der Waals surface area contributed by atoms with Crippen molar-refractivity contribution < 1.29 is 13.2 Å². The summed E-state index contributed by atoms with van der Waals surface area (Å²) < 4.78 is 31.2. The van der Waals surface area contributed by atoms with Crippen molar-refractivity contribution in [3.63, 3.8) is 0 Å². The lowest BCUT2D eigenvalue weighted by atomic mass is 10.1. The maximum Gasteiger partial charge on any atom is 0.273 e. The number of carbonyl (C=O) groups excluding carboxylic acids is 1. The van der Waals surface area contributed by atoms with Gasteiger partial charge >= 0.3 is 0 Å². The second-order valence-electron chi connectivity index (χ2n) is 9.97. The summed E-state index contributed by atoms with van der Waals surface area (Å²) in [4.78, 5) is 13.6. The fourth-order valence-corrected chi connectivity index (χ4v) is 6.47. The van der Waals surface area contributed by atoms with Crippen LogP contribution in [0.15, 0.2) is 125 Å². The molecule has 0 aliphatic carbocycles. The highest BCUT2D eigenvalue weighted by Crippen LogP contribution is 2.29. The maximum atomic E-state index is 13.9. The number of nitrogens with zero attached hydrogens (tertiary/aromatic N) is 3. The van der Waals surface area contributed by atoms with Crippen LogP contribution in [-0.2, 0) is 16.6 Å². The molecule has 212 valence electrons. The van der Waals surface area contributed by atoms with E-state index in [0.717, 1.165) is 33.8 Å². The molecule has 8 heteroatoms. The summed E-state index contributed by atoms with van der Waals surface area (Å²) in [5, 5.41) is 4.25. The van der Waals surface area contributed by atoms with Crippen LogP contribution in [0, 0.1) is 20.8 Å². The number of anilines is 1. The summed E-state index contributed by atoms with van der Waals surface area (Å²) in [6.07, 6.45) is 1.61. The first-order chi connectivity index (χ1) is 20.3. The molecule has 0 aliphatic heterocycles. The first-order valence-electron chi connectivity index (χ1n) is 13.6. The van der Waals surface area contributed by atoms with Gasteiger partial charge in [-0.2, -0.15) is 5.10 Å². The molecule has 0 atom stereocenters. The van der Waals surface area contributed by atoms with Crippen LogP contribution < -0.4 is 9.73 Å². The van der Waals surface area contributed by atoms with Crippen molar-refractivity contribution in [2.75, 3.05) is 4.31 Å². The number of hydrazone groups is 1. The van der Waals surface area contributed by atoms with E-state index in [1.54, 1.807) is 60.8 Å². The molecule has 0 aliphatic rings. The number of aryl methyl sites for hydroxylation is 2. The van der Waals surface area contributed by atoms with Crippen LogP contribution in [0.1, 0.15) is 38.4 Å². The number of amides is 1. The molecule has 0 radical (unpaired) electrons. The predicted octanol–water partition coefficient (Wildman–Crippen LogP) is 6.56. The first-order valence-corrected chi connectivity index (χ1v) is 15.0. The molecule has 0 saturated carbocycles. The summed E-state index contributed by atoms with van der Waals surface area (Å²) >= 11 is 0. The van der Waals surface area contributed by atoms with Crippen molar-refractivity contribution in [3.8, 4) is 5.69 Å². The molecule has 1 aromatic heterocycles. The van der Waals surface area contributed by atoms with Gasteiger partial charge in [0.05, 0.1) is 28.9 Å². The summed E-state index contributed by atoms with van der Waals surface area (Å²) in [5.41, 5.74) is 8.97. The Morgan fingerprint density at radius 1 is 0.833 bits per heavy atom. The molecule has 7 nitrogen and oxygen atoms in total. The van der Waals surface area contributed by atoms with Gasteiger partial charge in [-0.25, -0.2) is 13.8 Å². The highest BCUT2D eigenvalue weighted by Gasteiger charge is 2.28. The minimum absolute atomic E-state index is 0.0521. The van der Waals surface area contributed by atoms with Gasteiger partial charge in [-0.3, -0.25) is 9.10 Å². The molecule has 1 amide bonds. The third-order valence-electron chi connectivity index (χ3n) is 7.11. The average molecular weight is 577 g/mol. The quantitative estimate of drug-likeness (QED) is 0.159. The Morgan fingerprint density at radius 3 is 2.17 bits per heavy atom. The lowest BCUT2D eigenvalue weighted by molar-refractivity contribution is 0.0955. The Balaban J connectivity index is 1.45. The van der Waals surface area contributed by atoms with Gasteiger partial charge < -0.3 is 4.57 Å². The van der Waals surface area contributed by atoms with Crippen molar-refractivity contribution in [1.29, 1.82) is 0 Å². The molecule has 1 heterocycles. The Bertz CT molecular complexity index is 1850. The van der Waals surface area contributed by atoms with E-state index in [1.165, 1.54) is 4.31 Å². The normalized spacial score (nSPS) is 11.5. The van der Waals surface area contributed by atoms with E-state index in [9.17, 15) is 13.2 Å². The molecule has 5 aromatic rings. The lowest BCUT2D eigenvalue weighted by Crippen LogP contribution is -2.33. The standard InChI is InChI=1S/C34H32N4O3S/c1-25-14-10-12-20-32(25)38-26(2)22-29(27(38)3)23-35-36-34(39)31-19-11-13-21-33(31)37(24-28-15-6-4-7-16-28)42(40,41)30-17-8-5-9-18-30/h4-23H,24H2,1-3H3,(H,36,39). The van der Waals surface area contributed by atoms with Gasteiger partial charge in [-0.05, 0) is 68.3 Å². The number of aromatic nitrogens is 1. The molecule has 0 bridgehead atoms. The number of nitrogens with one attached hydrogen (secondary N) is 1. The number of carbonyl (C=O) groups is 1. The number of sulfonamides is 1. The van der Waals surface area contributed by atoms with Crippen LogP contribution in [-0.4, -0.2) is 25.1 Å². The summed E-state index contributed by atoms with van der Waals surface area (Å²) in [6.45, 7) is 6.16. The van der Waals surface area contributed by atoms with Gasteiger partial charge in [0, 0.05) is 22.6 Å². The second kappa shape index (κ2) is 12.3. The zero-order valence-electron chi connectivity index (χ0n) is 23.7. The Morgan fingerprint density at radius 2 is 1.45 bits per heavy atom. The number of rotatable bonds is 9. The molecule has 4 aromatic carbocycles. The van der Waals surface area contributed by atoms with Gasteiger partial charge in [0.15, 0.2) is 0 Å². The number of benzene rings is 4. The van der Waals surface area contributed by atoms with E-state index in [4.69, 9.17) is 0 Å². The summed E-state index contributed by atoms with van der Waals surface area (Å²) in [7, 11) is -4.00. The molecule has 5 rings (SSSR count). The third kappa shape index (κ3) is 5.89. The van der Waals surface area contributed by atoms with Crippen molar-refractivity contribution in [2.24, 2.45) is 5.10 Å². The first kappa shape index (κ1) is 28.6. The highest BCUT2D eigenvalue weighted by molar-refractivity contribution is 7.92. The largest absolute Gasteiger partial charge is 0.318 e. The van der Waals surface area contributed by atoms with Gasteiger partial charge in [-0.1, -0.05) is 78.9 Å². The summed E-state index contributed by atoms with van der Waals surface area (Å²) in [5.74, 6) is -0.518. The van der Waals surface area contributed by atoms with E-state index < -0.39 is 15.9 Å². The van der Waals surface area contributed by atoms with Crippen molar-refractivity contribution in [2.45, 2.75) is 32.2 Å². The molecule has 0 spiro atoms. The number of para-hydroxylation sites is 2. The van der Waals surface area contributed by atoms with Gasteiger partial charge in [0.1, 0.15) is 0 Å². The monoisotopic (exact) mass is 576 g/mol. The summed E-state index contributed by atoms with van der Waals surface area (Å²) in [6, 6.07) is 34.3. The molecule has 0 fully saturated rings. The minimum atomic E-state index is -4.00. The van der Waals surface area contributed by atoms with Crippen LogP contribution in [0.4, 0.5) is 5.69 Å². The second-order valence-corrected chi connectivity index (χ2v) is 11.8. The average Bonchev–Trinajstić information content (AvgIpc) is 3.29. The van der Waals surface area contributed by atoms with Crippen molar-refractivity contribution in [1.82, 2.24) is 9.99 Å². The van der Waals surface area contributed by atoms with Crippen LogP contribution in [0.3, 0.4) is 0 Å². The van der Waals surface area contributed by atoms with Crippen LogP contribution >= 0.6 is 0 Å².